The largest absolute Gasteiger partial charge is 0.394 e. The van der Waals surface area contributed by atoms with Crippen molar-refractivity contribution >= 4 is 11.7 Å². The smallest absolute Gasteiger partial charge is 0.274 e. The summed E-state index contributed by atoms with van der Waals surface area (Å²) in [5.74, 6) is 1.18. The van der Waals surface area contributed by atoms with Gasteiger partial charge < -0.3 is 14.9 Å². The predicted octanol–water partition coefficient (Wildman–Crippen LogP) is 1.29. The molecule has 8 heteroatoms. The normalized spacial score (nSPS) is 18.3. The highest BCUT2D eigenvalue weighted by atomic mass is 16.3. The Labute approximate surface area is 158 Å². The highest BCUT2D eigenvalue weighted by Gasteiger charge is 2.27. The summed E-state index contributed by atoms with van der Waals surface area (Å²) in [6.07, 6.45) is 5.94. The lowest BCUT2D eigenvalue weighted by Crippen LogP contribution is -2.38. The molecule has 2 aromatic rings. The van der Waals surface area contributed by atoms with Crippen LogP contribution >= 0.6 is 0 Å². The van der Waals surface area contributed by atoms with Crippen molar-refractivity contribution in [1.29, 1.82) is 0 Å². The van der Waals surface area contributed by atoms with Crippen LogP contribution in [0.5, 0.6) is 0 Å². The van der Waals surface area contributed by atoms with Gasteiger partial charge in [0.15, 0.2) is 11.5 Å². The molecular formula is C19H26N6O2. The van der Waals surface area contributed by atoms with Crippen LogP contribution in [0.2, 0.25) is 0 Å². The average Bonchev–Trinajstić information content (AvgIpc) is 3.40. The number of amides is 1. The molecule has 2 aromatic heterocycles. The first-order valence-corrected chi connectivity index (χ1v) is 9.77. The van der Waals surface area contributed by atoms with Crippen LogP contribution in [0, 0.1) is 0 Å². The highest BCUT2D eigenvalue weighted by Crippen LogP contribution is 2.28. The third-order valence-corrected chi connectivity index (χ3v) is 5.56. The fourth-order valence-corrected chi connectivity index (χ4v) is 4.07. The van der Waals surface area contributed by atoms with Crippen LogP contribution in [0.1, 0.15) is 47.8 Å². The molecule has 0 aromatic carbocycles. The van der Waals surface area contributed by atoms with Crippen LogP contribution in [0.25, 0.3) is 0 Å². The lowest BCUT2D eigenvalue weighted by atomic mass is 9.93. The molecule has 0 spiro atoms. The van der Waals surface area contributed by atoms with Crippen LogP contribution in [-0.2, 0) is 6.54 Å². The number of hydrogen-bond acceptors (Lipinski definition) is 6. The number of rotatable bonds is 5. The van der Waals surface area contributed by atoms with E-state index < -0.39 is 0 Å². The van der Waals surface area contributed by atoms with E-state index in [9.17, 15) is 4.79 Å². The summed E-state index contributed by atoms with van der Waals surface area (Å²) in [5, 5.41) is 21.9. The van der Waals surface area contributed by atoms with Crippen molar-refractivity contribution in [2.24, 2.45) is 0 Å². The maximum absolute atomic E-state index is 12.8. The first kappa shape index (κ1) is 17.9. The lowest BCUT2D eigenvalue weighted by Gasteiger charge is -2.32. The SMILES string of the molecule is O=C(c1ccc(N2CCCC2)nn1)N1CCC(c2ccnn2CCO)CC1. The zero-order valence-electron chi connectivity index (χ0n) is 15.5. The molecule has 2 fully saturated rings. The molecule has 2 saturated heterocycles. The molecule has 1 amide bonds. The second-order valence-corrected chi connectivity index (χ2v) is 7.24. The first-order valence-electron chi connectivity index (χ1n) is 9.77. The van der Waals surface area contributed by atoms with Gasteiger partial charge >= 0.3 is 0 Å². The van der Waals surface area contributed by atoms with Gasteiger partial charge in [0.1, 0.15) is 0 Å². The van der Waals surface area contributed by atoms with Gasteiger partial charge in [-0.15, -0.1) is 10.2 Å². The van der Waals surface area contributed by atoms with Gasteiger partial charge in [-0.25, -0.2) is 0 Å². The quantitative estimate of drug-likeness (QED) is 0.853. The Kier molecular flexibility index (Phi) is 5.33. The van der Waals surface area contributed by atoms with Gasteiger partial charge in [-0.1, -0.05) is 0 Å². The molecule has 27 heavy (non-hydrogen) atoms. The van der Waals surface area contributed by atoms with E-state index in [2.05, 4.69) is 20.2 Å². The van der Waals surface area contributed by atoms with Crippen molar-refractivity contribution in [3.8, 4) is 0 Å². The molecule has 4 rings (SSSR count). The summed E-state index contributed by atoms with van der Waals surface area (Å²) in [5.41, 5.74) is 1.56. The molecule has 144 valence electrons. The van der Waals surface area contributed by atoms with Crippen molar-refractivity contribution in [2.45, 2.75) is 38.1 Å². The highest BCUT2D eigenvalue weighted by molar-refractivity contribution is 5.92. The molecule has 0 unspecified atom stereocenters. The Morgan fingerprint density at radius 1 is 1.07 bits per heavy atom. The number of piperidine rings is 1. The number of aliphatic hydroxyl groups excluding tert-OH is 1. The molecule has 0 aliphatic carbocycles. The number of likely N-dealkylation sites (tertiary alicyclic amines) is 1. The minimum absolute atomic E-state index is 0.0437. The molecule has 0 radical (unpaired) electrons. The van der Waals surface area contributed by atoms with E-state index in [1.807, 2.05) is 21.7 Å². The molecule has 0 saturated carbocycles. The number of aromatic nitrogens is 4. The van der Waals surface area contributed by atoms with E-state index in [1.54, 1.807) is 12.3 Å². The third kappa shape index (κ3) is 3.80. The molecule has 2 aliphatic heterocycles. The van der Waals surface area contributed by atoms with E-state index in [0.29, 0.717) is 31.2 Å². The maximum Gasteiger partial charge on any atom is 0.274 e. The fourth-order valence-electron chi connectivity index (χ4n) is 4.07. The molecule has 4 heterocycles. The summed E-state index contributed by atoms with van der Waals surface area (Å²) in [7, 11) is 0. The van der Waals surface area contributed by atoms with Crippen LogP contribution in [0.3, 0.4) is 0 Å². The number of anilines is 1. The van der Waals surface area contributed by atoms with Gasteiger partial charge in [-0.2, -0.15) is 5.10 Å². The topological polar surface area (TPSA) is 87.4 Å². The van der Waals surface area contributed by atoms with Crippen LogP contribution in [-0.4, -0.2) is 68.7 Å². The predicted molar refractivity (Wildman–Crippen MR) is 101 cm³/mol. The van der Waals surface area contributed by atoms with E-state index in [1.165, 1.54) is 12.8 Å². The second-order valence-electron chi connectivity index (χ2n) is 7.24. The monoisotopic (exact) mass is 370 g/mol. The minimum Gasteiger partial charge on any atom is -0.394 e. The lowest BCUT2D eigenvalue weighted by molar-refractivity contribution is 0.0704. The van der Waals surface area contributed by atoms with Gasteiger partial charge in [0, 0.05) is 44.0 Å². The fraction of sp³-hybridized carbons (Fsp3) is 0.579. The maximum atomic E-state index is 12.8. The second kappa shape index (κ2) is 8.04. The van der Waals surface area contributed by atoms with Gasteiger partial charge in [-0.05, 0) is 43.9 Å². The number of carbonyl (C=O) groups excluding carboxylic acids is 1. The number of hydrogen-bond donors (Lipinski definition) is 1. The van der Waals surface area contributed by atoms with Crippen molar-refractivity contribution in [2.75, 3.05) is 37.7 Å². The van der Waals surface area contributed by atoms with E-state index >= 15 is 0 Å². The molecule has 2 aliphatic rings. The Morgan fingerprint density at radius 3 is 2.52 bits per heavy atom. The first-order chi connectivity index (χ1) is 13.3. The van der Waals surface area contributed by atoms with Crippen LogP contribution in [0.15, 0.2) is 24.4 Å². The van der Waals surface area contributed by atoms with Crippen LogP contribution < -0.4 is 4.90 Å². The van der Waals surface area contributed by atoms with Gasteiger partial charge in [0.25, 0.3) is 5.91 Å². The summed E-state index contributed by atoms with van der Waals surface area (Å²) >= 11 is 0. The van der Waals surface area contributed by atoms with Gasteiger partial charge in [0.05, 0.1) is 13.2 Å². The molecule has 0 atom stereocenters. The van der Waals surface area contributed by atoms with E-state index in [-0.39, 0.29) is 12.5 Å². The summed E-state index contributed by atoms with van der Waals surface area (Å²) in [4.78, 5) is 16.8. The average molecular weight is 370 g/mol. The zero-order chi connectivity index (χ0) is 18.6. The molecule has 8 nitrogen and oxygen atoms in total. The molecular weight excluding hydrogens is 344 g/mol. The van der Waals surface area contributed by atoms with Gasteiger partial charge in [-0.3, -0.25) is 9.48 Å². The standard InChI is InChI=1S/C19H26N6O2/c26-14-13-25-17(5-8-20-25)15-6-11-24(12-7-15)19(27)16-3-4-18(22-21-16)23-9-1-2-10-23/h3-5,8,15,26H,1-2,6-7,9-14H2. The zero-order valence-corrected chi connectivity index (χ0v) is 15.5. The van der Waals surface area contributed by atoms with Crippen molar-refractivity contribution in [1.82, 2.24) is 24.9 Å². The van der Waals surface area contributed by atoms with Crippen molar-refractivity contribution in [3.05, 3.63) is 35.8 Å². The van der Waals surface area contributed by atoms with Gasteiger partial charge in [0.2, 0.25) is 0 Å². The number of nitrogens with zero attached hydrogens (tertiary/aromatic N) is 6. The molecule has 0 bridgehead atoms. The Morgan fingerprint density at radius 2 is 1.85 bits per heavy atom. The van der Waals surface area contributed by atoms with Crippen molar-refractivity contribution < 1.29 is 9.90 Å². The van der Waals surface area contributed by atoms with Crippen molar-refractivity contribution in [3.63, 3.8) is 0 Å². The summed E-state index contributed by atoms with van der Waals surface area (Å²) < 4.78 is 1.87. The van der Waals surface area contributed by atoms with E-state index in [0.717, 1.165) is 37.4 Å². The molecule has 1 N–H and O–H groups in total. The van der Waals surface area contributed by atoms with E-state index in [4.69, 9.17) is 5.11 Å². The summed E-state index contributed by atoms with van der Waals surface area (Å²) in [6.45, 7) is 4.02. The Balaban J connectivity index is 1.36. The Bertz CT molecular complexity index is 761. The number of carbonyl (C=O) groups is 1. The number of aliphatic hydroxyl groups is 1. The Hall–Kier alpha value is -2.48. The third-order valence-electron chi connectivity index (χ3n) is 5.56. The van der Waals surface area contributed by atoms with Crippen LogP contribution in [0.4, 0.5) is 5.82 Å². The summed E-state index contributed by atoms with van der Waals surface area (Å²) in [6, 6.07) is 5.72. The minimum atomic E-state index is -0.0437.